The first-order chi connectivity index (χ1) is 20.4. The number of halogens is 3. The van der Waals surface area contributed by atoms with E-state index in [-0.39, 0.29) is 35.1 Å². The maximum absolute atomic E-state index is 13.4. The first-order valence-electron chi connectivity index (χ1n) is 14.4. The first-order valence-corrected chi connectivity index (χ1v) is 15.9. The minimum absolute atomic E-state index is 0.0265. The Morgan fingerprint density at radius 1 is 0.860 bits per heavy atom. The van der Waals surface area contributed by atoms with Crippen LogP contribution in [0.25, 0.3) is 11.1 Å². The molecule has 3 aromatic carbocycles. The van der Waals surface area contributed by atoms with E-state index in [1.54, 1.807) is 35.2 Å². The molecule has 43 heavy (non-hydrogen) atoms. The molecule has 11 heteroatoms. The number of hydrogen-bond donors (Lipinski definition) is 2. The highest BCUT2D eigenvalue weighted by Gasteiger charge is 2.40. The maximum Gasteiger partial charge on any atom is 0.416 e. The van der Waals surface area contributed by atoms with E-state index >= 15 is 0 Å². The number of benzene rings is 3. The second kappa shape index (κ2) is 12.5. The number of alkyl halides is 3. The van der Waals surface area contributed by atoms with E-state index < -0.39 is 27.7 Å². The Hall–Kier alpha value is -3.70. The molecule has 228 valence electrons. The van der Waals surface area contributed by atoms with Gasteiger partial charge in [-0.2, -0.15) is 13.2 Å². The molecule has 0 unspecified atom stereocenters. The molecule has 1 saturated heterocycles. The highest BCUT2D eigenvalue weighted by atomic mass is 32.2. The number of sulfonamides is 1. The van der Waals surface area contributed by atoms with Gasteiger partial charge in [0.15, 0.2) is 0 Å². The fourth-order valence-corrected chi connectivity index (χ4v) is 7.02. The molecule has 2 atom stereocenters. The minimum Gasteiger partial charge on any atom is -0.352 e. The predicted molar refractivity (Wildman–Crippen MR) is 156 cm³/mol. The molecule has 1 aliphatic heterocycles. The van der Waals surface area contributed by atoms with Gasteiger partial charge >= 0.3 is 6.18 Å². The molecular formula is C32H34F3N3O4S. The van der Waals surface area contributed by atoms with E-state index in [0.29, 0.717) is 49.9 Å². The Kier molecular flexibility index (Phi) is 8.94. The van der Waals surface area contributed by atoms with Gasteiger partial charge in [0.05, 0.1) is 10.5 Å². The number of likely N-dealkylation sites (tertiary alicyclic amines) is 1. The molecule has 0 radical (unpaired) electrons. The zero-order valence-corrected chi connectivity index (χ0v) is 24.3. The molecule has 3 N–H and O–H groups in total. The molecule has 2 aliphatic rings. The SMILES string of the molecule is NS(=O)(=O)c1ccccc1-c1ccc(CNC(=O)[C@@H]2CCC[C@H]2C(=O)N2CCC(c3ccc(C(F)(F)F)cc3)CC2)cc1. The van der Waals surface area contributed by atoms with E-state index in [9.17, 15) is 31.2 Å². The van der Waals surface area contributed by atoms with Crippen molar-refractivity contribution < 1.29 is 31.2 Å². The van der Waals surface area contributed by atoms with Gasteiger partial charge < -0.3 is 10.2 Å². The molecule has 3 aromatic rings. The summed E-state index contributed by atoms with van der Waals surface area (Å²) in [5, 5.41) is 8.32. The number of primary sulfonamides is 1. The van der Waals surface area contributed by atoms with Crippen molar-refractivity contribution in [1.82, 2.24) is 10.2 Å². The van der Waals surface area contributed by atoms with Crippen LogP contribution in [0.5, 0.6) is 0 Å². The van der Waals surface area contributed by atoms with Crippen molar-refractivity contribution in [1.29, 1.82) is 0 Å². The summed E-state index contributed by atoms with van der Waals surface area (Å²) in [6, 6.07) is 18.9. The van der Waals surface area contributed by atoms with Gasteiger partial charge in [0, 0.05) is 37.0 Å². The van der Waals surface area contributed by atoms with Crippen molar-refractivity contribution in [2.45, 2.75) is 55.6 Å². The number of rotatable bonds is 7. The molecule has 5 rings (SSSR count). The van der Waals surface area contributed by atoms with Crippen LogP contribution in [0.4, 0.5) is 13.2 Å². The number of carbonyl (C=O) groups is 2. The first kappa shape index (κ1) is 30.7. The number of amides is 2. The molecule has 2 fully saturated rings. The lowest BCUT2D eigenvalue weighted by molar-refractivity contribution is -0.141. The number of hydrogen-bond acceptors (Lipinski definition) is 4. The van der Waals surface area contributed by atoms with Crippen LogP contribution in [-0.4, -0.2) is 38.2 Å². The maximum atomic E-state index is 13.4. The number of nitrogens with one attached hydrogen (secondary N) is 1. The predicted octanol–water partition coefficient (Wildman–Crippen LogP) is 5.46. The monoisotopic (exact) mass is 613 g/mol. The summed E-state index contributed by atoms with van der Waals surface area (Å²) in [7, 11) is -3.89. The van der Waals surface area contributed by atoms with Gasteiger partial charge in [-0.25, -0.2) is 13.6 Å². The van der Waals surface area contributed by atoms with Crippen LogP contribution in [0, 0.1) is 11.8 Å². The van der Waals surface area contributed by atoms with Crippen molar-refractivity contribution in [3.63, 3.8) is 0 Å². The van der Waals surface area contributed by atoms with E-state index in [0.717, 1.165) is 29.7 Å². The van der Waals surface area contributed by atoms with Gasteiger partial charge in [0.25, 0.3) is 0 Å². The van der Waals surface area contributed by atoms with Crippen LogP contribution in [0.2, 0.25) is 0 Å². The average Bonchev–Trinajstić information content (AvgIpc) is 3.49. The van der Waals surface area contributed by atoms with Crippen molar-refractivity contribution in [3.05, 3.63) is 89.5 Å². The standard InChI is InChI=1S/C32H34F3N3O4S/c33-32(34,35)25-14-12-22(13-15-25)23-16-18-38(19-17-23)31(40)28-6-3-5-27(28)30(39)37-20-21-8-10-24(11-9-21)26-4-1-2-7-29(26)43(36,41)42/h1-2,4,7-15,23,27-28H,3,5-6,16-20H2,(H,37,39)(H2,36,41,42)/t27-,28-/m1/s1. The second-order valence-corrected chi connectivity index (χ2v) is 12.8. The number of carbonyl (C=O) groups excluding carboxylic acids is 2. The lowest BCUT2D eigenvalue weighted by Gasteiger charge is -2.35. The van der Waals surface area contributed by atoms with Gasteiger partial charge in [-0.3, -0.25) is 9.59 Å². The molecule has 1 saturated carbocycles. The van der Waals surface area contributed by atoms with Gasteiger partial charge in [-0.15, -0.1) is 0 Å². The minimum atomic E-state index is -4.37. The average molecular weight is 614 g/mol. The lowest BCUT2D eigenvalue weighted by Crippen LogP contribution is -2.44. The summed E-state index contributed by atoms with van der Waals surface area (Å²) in [5.74, 6) is -0.908. The quantitative estimate of drug-likeness (QED) is 0.369. The highest BCUT2D eigenvalue weighted by molar-refractivity contribution is 7.89. The Morgan fingerprint density at radius 3 is 2.12 bits per heavy atom. The summed E-state index contributed by atoms with van der Waals surface area (Å²) in [6.07, 6.45) is -0.972. The van der Waals surface area contributed by atoms with E-state index in [4.69, 9.17) is 5.14 Å². The van der Waals surface area contributed by atoms with Gasteiger partial charge in [-0.05, 0) is 66.5 Å². The Bertz CT molecular complexity index is 1570. The number of nitrogens with two attached hydrogens (primary N) is 1. The molecule has 0 aromatic heterocycles. The molecule has 0 bridgehead atoms. The van der Waals surface area contributed by atoms with Gasteiger partial charge in [0.1, 0.15) is 0 Å². The fraction of sp³-hybridized carbons (Fsp3) is 0.375. The summed E-state index contributed by atoms with van der Waals surface area (Å²) in [6.45, 7) is 1.29. The third-order valence-electron chi connectivity index (χ3n) is 8.61. The number of nitrogens with zero attached hydrogens (tertiary/aromatic N) is 1. The molecule has 2 amide bonds. The molecule has 7 nitrogen and oxygen atoms in total. The smallest absolute Gasteiger partial charge is 0.352 e. The normalized spacial score (nSPS) is 19.8. The Balaban J connectivity index is 1.15. The highest BCUT2D eigenvalue weighted by Crippen LogP contribution is 2.37. The second-order valence-electron chi connectivity index (χ2n) is 11.3. The van der Waals surface area contributed by atoms with Gasteiger partial charge in [0.2, 0.25) is 21.8 Å². The van der Waals surface area contributed by atoms with Gasteiger partial charge in [-0.1, -0.05) is 61.0 Å². The van der Waals surface area contributed by atoms with Crippen molar-refractivity contribution >= 4 is 21.8 Å². The van der Waals surface area contributed by atoms with Crippen LogP contribution < -0.4 is 10.5 Å². The topological polar surface area (TPSA) is 110 Å². The largest absolute Gasteiger partial charge is 0.416 e. The van der Waals surface area contributed by atoms with Crippen LogP contribution in [0.1, 0.15) is 54.7 Å². The summed E-state index contributed by atoms with van der Waals surface area (Å²) in [5.41, 5.74) is 2.19. The van der Waals surface area contributed by atoms with Crippen LogP contribution >= 0.6 is 0 Å². The zero-order chi connectivity index (χ0) is 30.8. The molecule has 0 spiro atoms. The van der Waals surface area contributed by atoms with E-state index in [1.165, 1.54) is 18.2 Å². The summed E-state index contributed by atoms with van der Waals surface area (Å²) in [4.78, 5) is 28.4. The van der Waals surface area contributed by atoms with Crippen LogP contribution in [0.15, 0.2) is 77.7 Å². The van der Waals surface area contributed by atoms with Crippen molar-refractivity contribution in [3.8, 4) is 11.1 Å². The third kappa shape index (κ3) is 7.10. The van der Waals surface area contributed by atoms with E-state index in [2.05, 4.69) is 5.32 Å². The molecular weight excluding hydrogens is 579 g/mol. The summed E-state index contributed by atoms with van der Waals surface area (Å²) >= 11 is 0. The Morgan fingerprint density at radius 2 is 1.49 bits per heavy atom. The van der Waals surface area contributed by atoms with Crippen LogP contribution in [-0.2, 0) is 32.3 Å². The molecule has 1 aliphatic carbocycles. The fourth-order valence-electron chi connectivity index (χ4n) is 6.26. The van der Waals surface area contributed by atoms with Crippen molar-refractivity contribution in [2.75, 3.05) is 13.1 Å². The summed E-state index contributed by atoms with van der Waals surface area (Å²) < 4.78 is 62.6. The third-order valence-corrected chi connectivity index (χ3v) is 9.58. The van der Waals surface area contributed by atoms with Crippen molar-refractivity contribution in [2.24, 2.45) is 17.0 Å². The Labute approximate surface area is 249 Å². The van der Waals surface area contributed by atoms with Crippen LogP contribution in [0.3, 0.4) is 0 Å². The number of piperidine rings is 1. The lowest BCUT2D eigenvalue weighted by atomic mass is 9.87. The zero-order valence-electron chi connectivity index (χ0n) is 23.5. The van der Waals surface area contributed by atoms with E-state index in [1.807, 2.05) is 12.1 Å². The molecule has 1 heterocycles.